The van der Waals surface area contributed by atoms with E-state index in [0.29, 0.717) is 33.5 Å². The second-order valence-electron chi connectivity index (χ2n) is 5.59. The van der Waals surface area contributed by atoms with E-state index in [9.17, 15) is 9.00 Å². The van der Waals surface area contributed by atoms with E-state index < -0.39 is 15.6 Å². The molecule has 8 heteroatoms. The van der Waals surface area contributed by atoms with Crippen molar-refractivity contribution in [3.8, 4) is 17.1 Å². The van der Waals surface area contributed by atoms with Crippen LogP contribution in [-0.2, 0) is 9.73 Å². The maximum absolute atomic E-state index is 12.9. The van der Waals surface area contributed by atoms with Crippen LogP contribution in [0.1, 0.15) is 16.2 Å². The van der Waals surface area contributed by atoms with Gasteiger partial charge in [-0.3, -0.25) is 4.79 Å². The second-order valence-corrected chi connectivity index (χ2v) is 7.85. The molecule has 0 fully saturated rings. The van der Waals surface area contributed by atoms with Crippen LogP contribution in [-0.4, -0.2) is 33.6 Å². The smallest absolute Gasteiger partial charge is 0.285 e. The normalized spacial score (nSPS) is 13.0. The first-order valence-corrected chi connectivity index (χ1v) is 9.63. The van der Waals surface area contributed by atoms with Gasteiger partial charge in [0.2, 0.25) is 11.7 Å². The van der Waals surface area contributed by atoms with Gasteiger partial charge < -0.3 is 9.26 Å². The highest BCUT2D eigenvalue weighted by atomic mass is 32.2. The molecule has 1 unspecified atom stereocenters. The number of benzene rings is 2. The van der Waals surface area contributed by atoms with Crippen LogP contribution in [0.25, 0.3) is 11.4 Å². The third kappa shape index (κ3) is 3.80. The van der Waals surface area contributed by atoms with Crippen molar-refractivity contribution in [1.29, 1.82) is 0 Å². The number of aromatic nitrogens is 2. The number of hydrogen-bond donors (Lipinski definition) is 0. The molecule has 0 saturated carbocycles. The number of carbonyl (C=O) groups excluding carboxylic acids is 1. The van der Waals surface area contributed by atoms with Gasteiger partial charge in [-0.1, -0.05) is 17.3 Å². The first-order valence-electron chi connectivity index (χ1n) is 7.70. The van der Waals surface area contributed by atoms with Crippen molar-refractivity contribution in [2.24, 2.45) is 4.36 Å². The van der Waals surface area contributed by atoms with Crippen molar-refractivity contribution in [2.45, 2.75) is 11.8 Å². The Bertz CT molecular complexity index is 1060. The Morgan fingerprint density at radius 2 is 1.92 bits per heavy atom. The van der Waals surface area contributed by atoms with Crippen LogP contribution in [0.4, 0.5) is 0 Å². The van der Waals surface area contributed by atoms with E-state index in [2.05, 4.69) is 14.5 Å². The molecule has 3 aromatic rings. The van der Waals surface area contributed by atoms with Gasteiger partial charge in [-0.2, -0.15) is 9.35 Å². The van der Waals surface area contributed by atoms with Crippen molar-refractivity contribution in [3.05, 3.63) is 60.0 Å². The molecule has 3 rings (SSSR count). The molecule has 0 aliphatic heterocycles. The minimum Gasteiger partial charge on any atom is -0.497 e. The molecule has 0 bridgehead atoms. The number of carbonyl (C=O) groups is 1. The largest absolute Gasteiger partial charge is 0.497 e. The number of ether oxygens (including phenoxy) is 1. The van der Waals surface area contributed by atoms with E-state index in [4.69, 9.17) is 9.26 Å². The lowest BCUT2D eigenvalue weighted by atomic mass is 10.1. The van der Waals surface area contributed by atoms with Crippen molar-refractivity contribution in [3.63, 3.8) is 0 Å². The zero-order valence-electron chi connectivity index (χ0n) is 14.5. The molecule has 134 valence electrons. The molecule has 0 radical (unpaired) electrons. The summed E-state index contributed by atoms with van der Waals surface area (Å²) in [5, 5.41) is 3.83. The molecule has 2 aromatic carbocycles. The fourth-order valence-corrected chi connectivity index (χ4v) is 3.47. The molecule has 7 nitrogen and oxygen atoms in total. The highest BCUT2D eigenvalue weighted by Gasteiger charge is 2.13. The monoisotopic (exact) mass is 371 g/mol. The zero-order chi connectivity index (χ0) is 18.7. The molecule has 0 aliphatic carbocycles. The Kier molecular flexibility index (Phi) is 4.85. The highest BCUT2D eigenvalue weighted by molar-refractivity contribution is 7.93. The topological polar surface area (TPSA) is 94.7 Å². The zero-order valence-corrected chi connectivity index (χ0v) is 15.3. The van der Waals surface area contributed by atoms with Crippen molar-refractivity contribution in [2.75, 3.05) is 13.4 Å². The van der Waals surface area contributed by atoms with Gasteiger partial charge >= 0.3 is 0 Å². The summed E-state index contributed by atoms with van der Waals surface area (Å²) >= 11 is 0. The Hall–Kier alpha value is -3.00. The van der Waals surface area contributed by atoms with Crippen LogP contribution in [0.15, 0.2) is 62.3 Å². The van der Waals surface area contributed by atoms with Gasteiger partial charge in [-0.25, -0.2) is 4.21 Å². The summed E-state index contributed by atoms with van der Waals surface area (Å²) in [6, 6.07) is 13.3. The van der Waals surface area contributed by atoms with Gasteiger partial charge in [0, 0.05) is 29.2 Å². The van der Waals surface area contributed by atoms with Gasteiger partial charge in [0.05, 0.1) is 16.8 Å². The molecular weight excluding hydrogens is 354 g/mol. The Morgan fingerprint density at radius 3 is 2.54 bits per heavy atom. The summed E-state index contributed by atoms with van der Waals surface area (Å²) in [6.45, 7) is 1.68. The Labute approximate surface area is 151 Å². The SMILES string of the molecule is COc1ccc(S(C)(=O)=NC(=O)c2cccc(-c3noc(C)n3)c2)cc1. The van der Waals surface area contributed by atoms with Crippen molar-refractivity contribution < 1.29 is 18.3 Å². The molecule has 1 heterocycles. The third-order valence-electron chi connectivity index (χ3n) is 3.65. The lowest BCUT2D eigenvalue weighted by molar-refractivity contribution is 0.100. The minimum atomic E-state index is -2.89. The molecule has 0 saturated heterocycles. The van der Waals surface area contributed by atoms with Crippen molar-refractivity contribution in [1.82, 2.24) is 10.1 Å². The molecule has 0 N–H and O–H groups in total. The first kappa shape index (κ1) is 17.8. The summed E-state index contributed by atoms with van der Waals surface area (Å²) in [4.78, 5) is 17.1. The highest BCUT2D eigenvalue weighted by Crippen LogP contribution is 2.20. The predicted molar refractivity (Wildman–Crippen MR) is 96.6 cm³/mol. The predicted octanol–water partition coefficient (Wildman–Crippen LogP) is 3.35. The summed E-state index contributed by atoms with van der Waals surface area (Å²) < 4.78 is 26.8. The summed E-state index contributed by atoms with van der Waals surface area (Å²) in [7, 11) is -1.34. The molecule has 1 aromatic heterocycles. The van der Waals surface area contributed by atoms with Gasteiger partial charge in [0.25, 0.3) is 5.91 Å². The van der Waals surface area contributed by atoms with E-state index in [1.807, 2.05) is 0 Å². The Morgan fingerprint density at radius 1 is 1.19 bits per heavy atom. The third-order valence-corrected chi connectivity index (χ3v) is 5.31. The van der Waals surface area contributed by atoms with E-state index in [-0.39, 0.29) is 0 Å². The van der Waals surface area contributed by atoms with Crippen molar-refractivity contribution >= 4 is 15.6 Å². The molecule has 1 amide bonds. The molecular formula is C18H17N3O4S. The summed E-state index contributed by atoms with van der Waals surface area (Å²) in [5.41, 5.74) is 0.919. The summed E-state index contributed by atoms with van der Waals surface area (Å²) in [6.07, 6.45) is 1.43. The van der Waals surface area contributed by atoms with Gasteiger partial charge in [0.15, 0.2) is 0 Å². The number of nitrogens with zero attached hydrogens (tertiary/aromatic N) is 3. The van der Waals surface area contributed by atoms with Gasteiger partial charge in [0.1, 0.15) is 5.75 Å². The van der Waals surface area contributed by atoms with Gasteiger partial charge in [-0.05, 0) is 36.4 Å². The summed E-state index contributed by atoms with van der Waals surface area (Å²) in [5.74, 6) is 0.871. The standard InChI is InChI=1S/C18H17N3O4S/c1-12-19-17(20-25-12)13-5-4-6-14(11-13)18(22)21-26(3,23)16-9-7-15(24-2)8-10-16/h4-11H,1-3H3. The number of aryl methyl sites for hydroxylation is 1. The van der Waals surface area contributed by atoms with E-state index in [1.165, 1.54) is 6.26 Å². The molecule has 0 spiro atoms. The lowest BCUT2D eigenvalue weighted by Crippen LogP contribution is -2.04. The number of rotatable bonds is 4. The van der Waals surface area contributed by atoms with Crippen LogP contribution in [0.2, 0.25) is 0 Å². The molecule has 1 atom stereocenters. The molecule has 0 aliphatic rings. The number of amides is 1. The second kappa shape index (κ2) is 7.09. The van der Waals surface area contributed by atoms with Crippen LogP contribution < -0.4 is 4.74 Å². The number of hydrogen-bond acceptors (Lipinski definition) is 6. The first-order chi connectivity index (χ1) is 12.4. The lowest BCUT2D eigenvalue weighted by Gasteiger charge is -2.06. The van der Waals surface area contributed by atoms with E-state index >= 15 is 0 Å². The fourth-order valence-electron chi connectivity index (χ4n) is 2.30. The van der Waals surface area contributed by atoms with Gasteiger partial charge in [-0.15, -0.1) is 0 Å². The van der Waals surface area contributed by atoms with E-state index in [0.717, 1.165) is 0 Å². The van der Waals surface area contributed by atoms with E-state index in [1.54, 1.807) is 62.6 Å². The maximum atomic E-state index is 12.9. The van der Waals surface area contributed by atoms with Crippen LogP contribution >= 0.6 is 0 Å². The maximum Gasteiger partial charge on any atom is 0.285 e. The Balaban J connectivity index is 1.93. The fraction of sp³-hybridized carbons (Fsp3) is 0.167. The molecule has 26 heavy (non-hydrogen) atoms. The average molecular weight is 371 g/mol. The number of methoxy groups -OCH3 is 1. The quantitative estimate of drug-likeness (QED) is 0.698. The van der Waals surface area contributed by atoms with Crippen LogP contribution in [0.5, 0.6) is 5.75 Å². The van der Waals surface area contributed by atoms with Crippen LogP contribution in [0, 0.1) is 6.92 Å². The average Bonchev–Trinajstić information content (AvgIpc) is 3.08. The minimum absolute atomic E-state index is 0.299. The van der Waals surface area contributed by atoms with Crippen LogP contribution in [0.3, 0.4) is 0 Å².